The van der Waals surface area contributed by atoms with Gasteiger partial charge in [0.2, 0.25) is 0 Å². The Morgan fingerprint density at radius 2 is 1.90 bits per heavy atom. The van der Waals surface area contributed by atoms with Crippen LogP contribution in [0.2, 0.25) is 0 Å². The van der Waals surface area contributed by atoms with E-state index >= 15 is 0 Å². The van der Waals surface area contributed by atoms with Crippen LogP contribution in [-0.4, -0.2) is 7.05 Å². The van der Waals surface area contributed by atoms with Crippen molar-refractivity contribution in [3.8, 4) is 0 Å². The number of aryl methyl sites for hydroxylation is 1. The van der Waals surface area contributed by atoms with Crippen molar-refractivity contribution in [2.24, 2.45) is 0 Å². The molecule has 1 nitrogen and oxygen atoms in total. The normalized spacial score (nSPS) is 12.8. The highest BCUT2D eigenvalue weighted by atomic mass is 32.1. The molecule has 0 fully saturated rings. The van der Waals surface area contributed by atoms with E-state index in [1.54, 1.807) is 17.4 Å². The summed E-state index contributed by atoms with van der Waals surface area (Å²) in [7, 11) is 1.94. The molecule has 0 aliphatic heterocycles. The van der Waals surface area contributed by atoms with Gasteiger partial charge in [0, 0.05) is 4.70 Å². The van der Waals surface area contributed by atoms with Crippen LogP contribution in [0.3, 0.4) is 0 Å². The molecule has 3 heteroatoms. The van der Waals surface area contributed by atoms with Gasteiger partial charge in [-0.1, -0.05) is 24.3 Å². The van der Waals surface area contributed by atoms with E-state index in [1.165, 1.54) is 21.7 Å². The van der Waals surface area contributed by atoms with Gasteiger partial charge in [-0.3, -0.25) is 0 Å². The Balaban J connectivity index is 2.14. The van der Waals surface area contributed by atoms with E-state index in [0.717, 1.165) is 11.1 Å². The second-order valence-electron chi connectivity index (χ2n) is 4.91. The maximum absolute atomic E-state index is 13.3. The maximum Gasteiger partial charge on any atom is 0.123 e. The molecule has 0 amide bonds. The third-order valence-electron chi connectivity index (χ3n) is 3.65. The number of nitrogens with one attached hydrogen (secondary N) is 1. The average Bonchev–Trinajstić information content (AvgIpc) is 2.86. The first-order valence-electron chi connectivity index (χ1n) is 6.60. The Morgan fingerprint density at radius 1 is 1.10 bits per heavy atom. The van der Waals surface area contributed by atoms with E-state index in [0.29, 0.717) is 0 Å². The minimum Gasteiger partial charge on any atom is -0.309 e. The molecule has 0 saturated carbocycles. The summed E-state index contributed by atoms with van der Waals surface area (Å²) in [5.74, 6) is -0.184. The van der Waals surface area contributed by atoms with Crippen molar-refractivity contribution >= 4 is 21.4 Å². The number of halogens is 1. The Hall–Kier alpha value is -1.71. The highest BCUT2D eigenvalue weighted by molar-refractivity contribution is 7.17. The van der Waals surface area contributed by atoms with Crippen LogP contribution >= 0.6 is 11.3 Å². The first-order valence-corrected chi connectivity index (χ1v) is 7.48. The fourth-order valence-electron chi connectivity index (χ4n) is 2.66. The Kier molecular flexibility index (Phi) is 3.55. The summed E-state index contributed by atoms with van der Waals surface area (Å²) in [6.45, 7) is 1.96. The molecule has 1 aromatic heterocycles. The zero-order valence-electron chi connectivity index (χ0n) is 11.5. The van der Waals surface area contributed by atoms with Crippen molar-refractivity contribution in [2.75, 3.05) is 7.05 Å². The van der Waals surface area contributed by atoms with Crippen molar-refractivity contribution in [3.05, 3.63) is 70.4 Å². The van der Waals surface area contributed by atoms with Gasteiger partial charge in [0.05, 0.1) is 6.04 Å². The van der Waals surface area contributed by atoms with Gasteiger partial charge in [-0.05, 0) is 59.6 Å². The monoisotopic (exact) mass is 285 g/mol. The summed E-state index contributed by atoms with van der Waals surface area (Å²) < 4.78 is 14.6. The van der Waals surface area contributed by atoms with E-state index in [2.05, 4.69) is 35.0 Å². The van der Waals surface area contributed by atoms with Crippen LogP contribution in [0, 0.1) is 12.7 Å². The third kappa shape index (κ3) is 2.23. The summed E-state index contributed by atoms with van der Waals surface area (Å²) in [6, 6.07) is 13.5. The van der Waals surface area contributed by atoms with Crippen LogP contribution in [0.5, 0.6) is 0 Å². The van der Waals surface area contributed by atoms with E-state index in [9.17, 15) is 4.39 Å². The Morgan fingerprint density at radius 3 is 2.65 bits per heavy atom. The molecule has 1 N–H and O–H groups in total. The molecule has 0 aliphatic carbocycles. The minimum atomic E-state index is -0.184. The molecule has 0 radical (unpaired) electrons. The Labute approximate surface area is 122 Å². The number of fused-ring (bicyclic) bond motifs is 1. The molecule has 2 aromatic carbocycles. The van der Waals surface area contributed by atoms with Crippen LogP contribution < -0.4 is 5.32 Å². The number of benzene rings is 2. The lowest BCUT2D eigenvalue weighted by Crippen LogP contribution is -2.18. The van der Waals surface area contributed by atoms with Crippen molar-refractivity contribution in [1.82, 2.24) is 5.32 Å². The van der Waals surface area contributed by atoms with Crippen molar-refractivity contribution in [3.63, 3.8) is 0 Å². The van der Waals surface area contributed by atoms with E-state index in [4.69, 9.17) is 0 Å². The molecule has 1 atom stereocenters. The van der Waals surface area contributed by atoms with Crippen molar-refractivity contribution in [2.45, 2.75) is 13.0 Å². The summed E-state index contributed by atoms with van der Waals surface area (Å²) in [6.07, 6.45) is 0. The number of hydrogen-bond acceptors (Lipinski definition) is 2. The standard InChI is InChI=1S/C17H16FNS/c1-11-9-12(18)7-8-13(11)17(19-2)15-10-20-16-6-4-3-5-14(15)16/h3-10,17,19H,1-2H3. The van der Waals surface area contributed by atoms with Crippen LogP contribution in [-0.2, 0) is 0 Å². The van der Waals surface area contributed by atoms with Gasteiger partial charge in [0.1, 0.15) is 5.82 Å². The quantitative estimate of drug-likeness (QED) is 0.738. The molecular formula is C17H16FNS. The molecule has 0 saturated heterocycles. The molecular weight excluding hydrogens is 269 g/mol. The lowest BCUT2D eigenvalue weighted by Gasteiger charge is -2.19. The topological polar surface area (TPSA) is 12.0 Å². The third-order valence-corrected chi connectivity index (χ3v) is 4.64. The summed E-state index contributed by atoms with van der Waals surface area (Å²) in [4.78, 5) is 0. The number of rotatable bonds is 3. The van der Waals surface area contributed by atoms with Gasteiger partial charge in [-0.2, -0.15) is 0 Å². The smallest absolute Gasteiger partial charge is 0.123 e. The molecule has 1 unspecified atom stereocenters. The SMILES string of the molecule is CNC(c1ccc(F)cc1C)c1csc2ccccc12. The van der Waals surface area contributed by atoms with Gasteiger partial charge in [-0.15, -0.1) is 11.3 Å². The minimum absolute atomic E-state index is 0.0896. The molecule has 1 heterocycles. The predicted molar refractivity (Wildman–Crippen MR) is 83.9 cm³/mol. The largest absolute Gasteiger partial charge is 0.309 e. The fraction of sp³-hybridized carbons (Fsp3) is 0.176. The van der Waals surface area contributed by atoms with E-state index in [-0.39, 0.29) is 11.9 Å². The van der Waals surface area contributed by atoms with Gasteiger partial charge in [-0.25, -0.2) is 4.39 Å². The number of hydrogen-bond donors (Lipinski definition) is 1. The second kappa shape index (κ2) is 5.35. The molecule has 102 valence electrons. The van der Waals surface area contributed by atoms with E-state index in [1.807, 2.05) is 20.0 Å². The molecule has 0 aliphatic rings. The summed E-state index contributed by atoms with van der Waals surface area (Å²) >= 11 is 1.75. The average molecular weight is 285 g/mol. The lowest BCUT2D eigenvalue weighted by atomic mass is 9.95. The van der Waals surface area contributed by atoms with Gasteiger partial charge in [0.15, 0.2) is 0 Å². The van der Waals surface area contributed by atoms with Crippen LogP contribution in [0.1, 0.15) is 22.7 Å². The van der Waals surface area contributed by atoms with Crippen LogP contribution in [0.15, 0.2) is 47.8 Å². The van der Waals surface area contributed by atoms with Crippen LogP contribution in [0.4, 0.5) is 4.39 Å². The Bertz CT molecular complexity index is 748. The summed E-state index contributed by atoms with van der Waals surface area (Å²) in [5, 5.41) is 6.81. The molecule has 20 heavy (non-hydrogen) atoms. The summed E-state index contributed by atoms with van der Waals surface area (Å²) in [5.41, 5.74) is 3.35. The first-order chi connectivity index (χ1) is 9.70. The van der Waals surface area contributed by atoms with Crippen LogP contribution in [0.25, 0.3) is 10.1 Å². The van der Waals surface area contributed by atoms with Crippen molar-refractivity contribution < 1.29 is 4.39 Å². The van der Waals surface area contributed by atoms with Gasteiger partial charge >= 0.3 is 0 Å². The second-order valence-corrected chi connectivity index (χ2v) is 5.82. The molecule has 0 bridgehead atoms. The van der Waals surface area contributed by atoms with E-state index < -0.39 is 0 Å². The number of thiophene rings is 1. The highest BCUT2D eigenvalue weighted by Crippen LogP contribution is 2.34. The molecule has 0 spiro atoms. The zero-order valence-corrected chi connectivity index (χ0v) is 12.3. The fourth-order valence-corrected chi connectivity index (χ4v) is 3.65. The zero-order chi connectivity index (χ0) is 14.1. The lowest BCUT2D eigenvalue weighted by molar-refractivity contribution is 0.621. The first kappa shape index (κ1) is 13.3. The predicted octanol–water partition coefficient (Wildman–Crippen LogP) is 4.66. The molecule has 3 aromatic rings. The maximum atomic E-state index is 13.3. The van der Waals surface area contributed by atoms with Crippen molar-refractivity contribution in [1.29, 1.82) is 0 Å². The van der Waals surface area contributed by atoms with Gasteiger partial charge in [0.25, 0.3) is 0 Å². The molecule has 3 rings (SSSR count). The van der Waals surface area contributed by atoms with Gasteiger partial charge < -0.3 is 5.32 Å². The highest BCUT2D eigenvalue weighted by Gasteiger charge is 2.18.